The average molecular weight is 261 g/mol. The van der Waals surface area contributed by atoms with Crippen LogP contribution in [-0.4, -0.2) is 16.0 Å². The van der Waals surface area contributed by atoms with E-state index in [4.69, 9.17) is 16.0 Å². The number of rotatable bonds is 4. The maximum absolute atomic E-state index is 11.3. The molecule has 100 valence electrons. The first kappa shape index (κ1) is 12.9. The summed E-state index contributed by atoms with van der Waals surface area (Å²) in [5.41, 5.74) is 13.2. The number of nitrogens with two attached hydrogens (primary N) is 2. The number of nitrogens with one attached hydrogen (secondary N) is 1. The molecular formula is C12H15N5O2. The number of hydrogen-bond acceptors (Lipinski definition) is 6. The molecule has 5 N–H and O–H groups in total. The highest BCUT2D eigenvalue weighted by Gasteiger charge is 2.13. The number of pyridine rings is 1. The second-order valence-corrected chi connectivity index (χ2v) is 4.19. The minimum absolute atomic E-state index is 0.256. The molecule has 0 aliphatic rings. The quantitative estimate of drug-likeness (QED) is 0.754. The van der Waals surface area contributed by atoms with Crippen molar-refractivity contribution in [3.05, 3.63) is 34.8 Å². The number of anilines is 2. The molecule has 7 nitrogen and oxygen atoms in total. The van der Waals surface area contributed by atoms with Crippen LogP contribution in [0.1, 0.15) is 27.4 Å². The monoisotopic (exact) mass is 261 g/mol. The number of amides is 1. The van der Waals surface area contributed by atoms with Crippen LogP contribution < -0.4 is 16.8 Å². The summed E-state index contributed by atoms with van der Waals surface area (Å²) in [5.74, 6) is 0.531. The molecule has 19 heavy (non-hydrogen) atoms. The van der Waals surface area contributed by atoms with E-state index in [1.165, 1.54) is 12.3 Å². The summed E-state index contributed by atoms with van der Waals surface area (Å²) in [4.78, 5) is 15.4. The van der Waals surface area contributed by atoms with E-state index in [9.17, 15) is 4.79 Å². The summed E-state index contributed by atoms with van der Waals surface area (Å²) in [6.07, 6.45) is 1.46. The van der Waals surface area contributed by atoms with E-state index in [-0.39, 0.29) is 5.56 Å². The van der Waals surface area contributed by atoms with Crippen molar-refractivity contribution in [1.82, 2.24) is 10.1 Å². The summed E-state index contributed by atoms with van der Waals surface area (Å²) in [7, 11) is 0. The van der Waals surface area contributed by atoms with Gasteiger partial charge in [0, 0.05) is 12.1 Å². The predicted molar refractivity (Wildman–Crippen MR) is 70.5 cm³/mol. The van der Waals surface area contributed by atoms with Crippen molar-refractivity contribution in [1.29, 1.82) is 0 Å². The van der Waals surface area contributed by atoms with Gasteiger partial charge in [-0.3, -0.25) is 4.79 Å². The Bertz CT molecular complexity index is 601. The zero-order chi connectivity index (χ0) is 14.0. The lowest BCUT2D eigenvalue weighted by atomic mass is 10.2. The van der Waals surface area contributed by atoms with Crippen molar-refractivity contribution in [2.24, 2.45) is 5.73 Å². The number of hydrogen-bond donors (Lipinski definition) is 3. The second-order valence-electron chi connectivity index (χ2n) is 4.19. The summed E-state index contributed by atoms with van der Waals surface area (Å²) in [6, 6.07) is 1.49. The SMILES string of the molecule is Cc1noc(C)c1CNc1ncc(N)cc1C(N)=O. The van der Waals surface area contributed by atoms with E-state index in [2.05, 4.69) is 15.5 Å². The zero-order valence-electron chi connectivity index (χ0n) is 10.7. The molecule has 2 heterocycles. The molecule has 0 radical (unpaired) electrons. The van der Waals surface area contributed by atoms with E-state index in [0.717, 1.165) is 17.0 Å². The molecule has 0 aliphatic heterocycles. The van der Waals surface area contributed by atoms with Gasteiger partial charge >= 0.3 is 0 Å². The van der Waals surface area contributed by atoms with Crippen LogP contribution in [0, 0.1) is 13.8 Å². The molecule has 2 aromatic heterocycles. The van der Waals surface area contributed by atoms with E-state index in [1.54, 1.807) is 0 Å². The molecule has 0 aliphatic carbocycles. The summed E-state index contributed by atoms with van der Waals surface area (Å²) < 4.78 is 5.06. The second kappa shape index (κ2) is 4.97. The fourth-order valence-electron chi connectivity index (χ4n) is 1.74. The number of nitrogens with zero attached hydrogens (tertiary/aromatic N) is 2. The van der Waals surface area contributed by atoms with E-state index in [1.807, 2.05) is 13.8 Å². The first-order valence-electron chi connectivity index (χ1n) is 5.70. The Balaban J connectivity index is 2.23. The molecule has 0 spiro atoms. The van der Waals surface area contributed by atoms with Gasteiger partial charge < -0.3 is 21.3 Å². The minimum Gasteiger partial charge on any atom is -0.397 e. The molecule has 2 rings (SSSR count). The van der Waals surface area contributed by atoms with Gasteiger partial charge in [-0.2, -0.15) is 0 Å². The third-order valence-corrected chi connectivity index (χ3v) is 2.79. The van der Waals surface area contributed by atoms with Gasteiger partial charge in [-0.15, -0.1) is 0 Å². The number of carbonyl (C=O) groups excluding carboxylic acids is 1. The van der Waals surface area contributed by atoms with Crippen LogP contribution in [0.4, 0.5) is 11.5 Å². The van der Waals surface area contributed by atoms with Gasteiger partial charge in [-0.1, -0.05) is 5.16 Å². The Hall–Kier alpha value is -2.57. The Morgan fingerprint density at radius 1 is 1.47 bits per heavy atom. The van der Waals surface area contributed by atoms with Crippen molar-refractivity contribution < 1.29 is 9.32 Å². The average Bonchev–Trinajstić information content (AvgIpc) is 2.68. The first-order chi connectivity index (χ1) is 8.99. The Morgan fingerprint density at radius 3 is 2.79 bits per heavy atom. The normalized spacial score (nSPS) is 10.4. The van der Waals surface area contributed by atoms with Crippen LogP contribution in [0.5, 0.6) is 0 Å². The Labute approximate surface area is 110 Å². The van der Waals surface area contributed by atoms with Crippen molar-refractivity contribution in [2.75, 3.05) is 11.1 Å². The van der Waals surface area contributed by atoms with Gasteiger partial charge in [0.2, 0.25) is 0 Å². The van der Waals surface area contributed by atoms with Crippen molar-refractivity contribution >= 4 is 17.4 Å². The third kappa shape index (κ3) is 2.65. The van der Waals surface area contributed by atoms with Gasteiger partial charge in [0.1, 0.15) is 11.6 Å². The molecule has 2 aromatic rings. The molecule has 0 saturated heterocycles. The topological polar surface area (TPSA) is 120 Å². The molecule has 1 amide bonds. The van der Waals surface area contributed by atoms with Crippen LogP contribution in [0.3, 0.4) is 0 Å². The van der Waals surface area contributed by atoms with Crippen LogP contribution in [-0.2, 0) is 6.54 Å². The first-order valence-corrected chi connectivity index (χ1v) is 5.70. The molecular weight excluding hydrogens is 246 g/mol. The van der Waals surface area contributed by atoms with Crippen LogP contribution >= 0.6 is 0 Å². The number of aryl methyl sites for hydroxylation is 2. The number of aromatic nitrogens is 2. The summed E-state index contributed by atoms with van der Waals surface area (Å²) in [6.45, 7) is 4.11. The standard InChI is InChI=1S/C12H15N5O2/c1-6-10(7(2)19-17-6)5-16-12-9(11(14)18)3-8(13)4-15-12/h3-4H,5,13H2,1-2H3,(H2,14,18)(H,15,16). The molecule has 0 bridgehead atoms. The molecule has 0 aromatic carbocycles. The zero-order valence-corrected chi connectivity index (χ0v) is 10.7. The maximum Gasteiger partial charge on any atom is 0.252 e. The molecule has 7 heteroatoms. The van der Waals surface area contributed by atoms with Gasteiger partial charge in [0.25, 0.3) is 5.91 Å². The van der Waals surface area contributed by atoms with Gasteiger partial charge in [0.05, 0.1) is 23.1 Å². The van der Waals surface area contributed by atoms with Crippen molar-refractivity contribution in [3.63, 3.8) is 0 Å². The van der Waals surface area contributed by atoms with E-state index >= 15 is 0 Å². The van der Waals surface area contributed by atoms with Gasteiger partial charge in [-0.25, -0.2) is 4.98 Å². The van der Waals surface area contributed by atoms with Crippen LogP contribution in [0.25, 0.3) is 0 Å². The highest BCUT2D eigenvalue weighted by Crippen LogP contribution is 2.18. The third-order valence-electron chi connectivity index (χ3n) is 2.79. The largest absolute Gasteiger partial charge is 0.397 e. The summed E-state index contributed by atoms with van der Waals surface area (Å²) in [5, 5.41) is 6.89. The van der Waals surface area contributed by atoms with E-state index < -0.39 is 5.91 Å². The minimum atomic E-state index is -0.582. The maximum atomic E-state index is 11.3. The number of carbonyl (C=O) groups is 1. The fraction of sp³-hybridized carbons (Fsp3) is 0.250. The van der Waals surface area contributed by atoms with E-state index in [0.29, 0.717) is 18.1 Å². The van der Waals surface area contributed by atoms with Gasteiger partial charge in [0.15, 0.2) is 0 Å². The molecule has 0 unspecified atom stereocenters. The highest BCUT2D eigenvalue weighted by molar-refractivity contribution is 5.98. The fourth-order valence-corrected chi connectivity index (χ4v) is 1.74. The summed E-state index contributed by atoms with van der Waals surface area (Å²) >= 11 is 0. The lowest BCUT2D eigenvalue weighted by Gasteiger charge is -2.09. The lowest BCUT2D eigenvalue weighted by Crippen LogP contribution is -2.16. The van der Waals surface area contributed by atoms with Crippen LogP contribution in [0.2, 0.25) is 0 Å². The van der Waals surface area contributed by atoms with Crippen molar-refractivity contribution in [3.8, 4) is 0 Å². The smallest absolute Gasteiger partial charge is 0.252 e. The Morgan fingerprint density at radius 2 is 2.21 bits per heavy atom. The highest BCUT2D eigenvalue weighted by atomic mass is 16.5. The number of primary amides is 1. The van der Waals surface area contributed by atoms with Crippen molar-refractivity contribution in [2.45, 2.75) is 20.4 Å². The van der Waals surface area contributed by atoms with Gasteiger partial charge in [-0.05, 0) is 19.9 Å². The predicted octanol–water partition coefficient (Wildman–Crippen LogP) is 0.980. The Kier molecular flexibility index (Phi) is 3.37. The van der Waals surface area contributed by atoms with Crippen LogP contribution in [0.15, 0.2) is 16.8 Å². The lowest BCUT2D eigenvalue weighted by molar-refractivity contribution is 0.100. The molecule has 0 fully saturated rings. The molecule has 0 saturated carbocycles. The number of nitrogen functional groups attached to an aromatic ring is 1. The molecule has 0 atom stereocenters.